The average Bonchev–Trinajstić information content (AvgIpc) is 3.31. The molecule has 8 N–H and O–H groups in total. The number of rotatable bonds is 15. The third-order valence-corrected chi connectivity index (χ3v) is 6.18. The van der Waals surface area contributed by atoms with Crippen molar-refractivity contribution >= 4 is 46.8 Å². The van der Waals surface area contributed by atoms with Crippen molar-refractivity contribution in [2.24, 2.45) is 0 Å². The third-order valence-electron chi connectivity index (χ3n) is 6.18. The molecule has 1 aromatic carbocycles. The fraction of sp³-hybridized carbons (Fsp3) is 0.346. The highest BCUT2D eigenvalue weighted by molar-refractivity contribution is 5.96. The first-order valence-electron chi connectivity index (χ1n) is 12.5. The van der Waals surface area contributed by atoms with Crippen LogP contribution in [0, 0.1) is 0 Å². The number of nitrogens with one attached hydrogen (secondary N) is 2. The molecule has 0 fully saturated rings. The molecule has 2 atom stereocenters. The minimum atomic E-state index is -1.44. The van der Waals surface area contributed by atoms with Crippen molar-refractivity contribution in [3.05, 3.63) is 47.2 Å². The molecule has 3 rings (SSSR count). The Labute approximate surface area is 232 Å². The topological polar surface area (TPSA) is 255 Å². The molecule has 2 amide bonds. The summed E-state index contributed by atoms with van der Waals surface area (Å²) in [6.07, 6.45) is 1.81. The molecule has 0 bridgehead atoms. The minimum absolute atomic E-state index is 0.0981. The SMILES string of the molecule is Nc1nc(O)c2c(CCCc3ccc(C(=O)N[C@@H](CCC(=O)N[C@@H](CCC(=O)O)C(=O)O)C(=O)O)cc3)coc2n1. The molecular formula is C26H29N5O10. The third kappa shape index (κ3) is 8.64. The van der Waals surface area contributed by atoms with E-state index in [1.807, 2.05) is 0 Å². The Balaban J connectivity index is 1.50. The first kappa shape index (κ1) is 30.3. The van der Waals surface area contributed by atoms with Gasteiger partial charge in [-0.3, -0.25) is 14.4 Å². The highest BCUT2D eigenvalue weighted by atomic mass is 16.4. The molecule has 0 aliphatic rings. The fourth-order valence-electron chi connectivity index (χ4n) is 4.05. The Kier molecular flexibility index (Phi) is 10.2. The fourth-order valence-corrected chi connectivity index (χ4v) is 4.05. The molecule has 0 saturated carbocycles. The zero-order valence-electron chi connectivity index (χ0n) is 21.7. The molecule has 0 unspecified atom stereocenters. The van der Waals surface area contributed by atoms with Crippen LogP contribution in [0.4, 0.5) is 5.95 Å². The smallest absolute Gasteiger partial charge is 0.326 e. The van der Waals surface area contributed by atoms with E-state index in [9.17, 15) is 34.2 Å². The van der Waals surface area contributed by atoms with Crippen molar-refractivity contribution in [2.45, 2.75) is 57.0 Å². The van der Waals surface area contributed by atoms with Gasteiger partial charge < -0.3 is 41.2 Å². The van der Waals surface area contributed by atoms with Crippen molar-refractivity contribution in [1.82, 2.24) is 20.6 Å². The van der Waals surface area contributed by atoms with Gasteiger partial charge in [-0.2, -0.15) is 9.97 Å². The van der Waals surface area contributed by atoms with E-state index < -0.39 is 54.6 Å². The number of furan rings is 1. The second-order valence-corrected chi connectivity index (χ2v) is 9.19. The molecule has 0 radical (unpaired) electrons. The summed E-state index contributed by atoms with van der Waals surface area (Å²) in [7, 11) is 0. The van der Waals surface area contributed by atoms with Gasteiger partial charge in [0.25, 0.3) is 5.91 Å². The van der Waals surface area contributed by atoms with Gasteiger partial charge in [0.05, 0.1) is 6.26 Å². The first-order valence-corrected chi connectivity index (χ1v) is 12.5. The Morgan fingerprint density at radius 3 is 2.15 bits per heavy atom. The van der Waals surface area contributed by atoms with Crippen molar-refractivity contribution in [3.63, 3.8) is 0 Å². The van der Waals surface area contributed by atoms with Crippen LogP contribution < -0.4 is 16.4 Å². The number of carboxylic acid groups (broad SMARTS) is 3. The van der Waals surface area contributed by atoms with E-state index in [-0.39, 0.29) is 35.9 Å². The number of benzene rings is 1. The molecule has 15 heteroatoms. The summed E-state index contributed by atoms with van der Waals surface area (Å²) in [5.41, 5.74) is 7.53. The standard InChI is InChI=1S/C26H29N5O10/c27-26-30-22(36)20-15(12-41-23(20)31-26)3-1-2-13-4-6-14(7-5-13)21(35)29-17(25(39)40)8-10-18(32)28-16(24(37)38)9-11-19(33)34/h4-7,12,16-17H,1-3,8-11H2,(H,28,32)(H,29,35)(H,33,34)(H,37,38)(H,39,40)(H3,27,30,31,36)/t16-,17-/m0/s1. The molecule has 0 spiro atoms. The molecule has 3 aromatic rings. The maximum atomic E-state index is 12.6. The number of aryl methyl sites for hydroxylation is 2. The van der Waals surface area contributed by atoms with Crippen LogP contribution in [-0.4, -0.2) is 72.2 Å². The average molecular weight is 572 g/mol. The van der Waals surface area contributed by atoms with Gasteiger partial charge in [0.2, 0.25) is 23.4 Å². The second kappa shape index (κ2) is 13.7. The van der Waals surface area contributed by atoms with Crippen LogP contribution in [0.15, 0.2) is 34.9 Å². The lowest BCUT2D eigenvalue weighted by Crippen LogP contribution is -2.44. The van der Waals surface area contributed by atoms with Crippen LogP contribution in [-0.2, 0) is 32.0 Å². The number of aromatic nitrogens is 2. The predicted octanol–water partition coefficient (Wildman–Crippen LogP) is 1.08. The van der Waals surface area contributed by atoms with Gasteiger partial charge in [-0.1, -0.05) is 12.1 Å². The number of hydrogen-bond acceptors (Lipinski definition) is 10. The predicted molar refractivity (Wildman–Crippen MR) is 141 cm³/mol. The van der Waals surface area contributed by atoms with E-state index in [0.717, 1.165) is 11.1 Å². The van der Waals surface area contributed by atoms with Crippen LogP contribution >= 0.6 is 0 Å². The number of carbonyl (C=O) groups is 5. The molecule has 0 aliphatic heterocycles. The van der Waals surface area contributed by atoms with Gasteiger partial charge in [-0.25, -0.2) is 9.59 Å². The Bertz CT molecular complexity index is 1440. The zero-order valence-corrected chi connectivity index (χ0v) is 21.7. The summed E-state index contributed by atoms with van der Waals surface area (Å²) >= 11 is 0. The monoisotopic (exact) mass is 571 g/mol. The summed E-state index contributed by atoms with van der Waals surface area (Å²) in [4.78, 5) is 65.9. The van der Waals surface area contributed by atoms with E-state index in [1.165, 1.54) is 18.4 Å². The lowest BCUT2D eigenvalue weighted by Gasteiger charge is -2.16. The van der Waals surface area contributed by atoms with Crippen molar-refractivity contribution in [3.8, 4) is 5.88 Å². The maximum absolute atomic E-state index is 12.6. The number of aromatic hydroxyl groups is 1. The molecule has 0 saturated heterocycles. The maximum Gasteiger partial charge on any atom is 0.326 e. The van der Waals surface area contributed by atoms with Crippen molar-refractivity contribution < 1.29 is 48.8 Å². The zero-order chi connectivity index (χ0) is 30.1. The van der Waals surface area contributed by atoms with E-state index in [0.29, 0.717) is 24.6 Å². The molecule has 2 heterocycles. The van der Waals surface area contributed by atoms with E-state index >= 15 is 0 Å². The van der Waals surface area contributed by atoms with Gasteiger partial charge in [0.1, 0.15) is 17.5 Å². The van der Waals surface area contributed by atoms with Crippen LogP contribution in [0.1, 0.15) is 53.6 Å². The van der Waals surface area contributed by atoms with E-state index in [2.05, 4.69) is 20.6 Å². The highest BCUT2D eigenvalue weighted by Gasteiger charge is 2.25. The quantitative estimate of drug-likeness (QED) is 0.135. The summed E-state index contributed by atoms with van der Waals surface area (Å²) in [6, 6.07) is 3.65. The molecule has 0 aliphatic carbocycles. The van der Waals surface area contributed by atoms with Crippen LogP contribution in [0.2, 0.25) is 0 Å². The number of carbonyl (C=O) groups excluding carboxylic acids is 2. The normalized spacial score (nSPS) is 12.4. The summed E-state index contributed by atoms with van der Waals surface area (Å²) in [6.45, 7) is 0. The Hall–Kier alpha value is -5.21. The molecule has 218 valence electrons. The van der Waals surface area contributed by atoms with Gasteiger partial charge in [0, 0.05) is 24.0 Å². The van der Waals surface area contributed by atoms with E-state index in [1.54, 1.807) is 12.1 Å². The van der Waals surface area contributed by atoms with Crippen molar-refractivity contribution in [2.75, 3.05) is 5.73 Å². The minimum Gasteiger partial charge on any atom is -0.493 e. The number of anilines is 1. The Morgan fingerprint density at radius 1 is 0.878 bits per heavy atom. The number of nitrogen functional groups attached to an aromatic ring is 1. The van der Waals surface area contributed by atoms with Gasteiger partial charge in [-0.05, 0) is 49.8 Å². The lowest BCUT2D eigenvalue weighted by atomic mass is 10.0. The summed E-state index contributed by atoms with van der Waals surface area (Å²) < 4.78 is 5.34. The lowest BCUT2D eigenvalue weighted by molar-refractivity contribution is -0.143. The van der Waals surface area contributed by atoms with E-state index in [4.69, 9.17) is 20.4 Å². The number of aliphatic carboxylic acids is 3. The van der Waals surface area contributed by atoms with Crippen LogP contribution in [0.5, 0.6) is 5.88 Å². The number of hydrogen-bond donors (Lipinski definition) is 7. The summed E-state index contributed by atoms with van der Waals surface area (Å²) in [5, 5.41) is 42.3. The van der Waals surface area contributed by atoms with Gasteiger partial charge in [-0.15, -0.1) is 0 Å². The first-order chi connectivity index (χ1) is 19.4. The number of amides is 2. The second-order valence-electron chi connectivity index (χ2n) is 9.19. The molecule has 15 nitrogen and oxygen atoms in total. The number of carboxylic acids is 3. The number of nitrogens with zero attached hydrogens (tertiary/aromatic N) is 2. The van der Waals surface area contributed by atoms with Gasteiger partial charge in [0.15, 0.2) is 0 Å². The number of fused-ring (bicyclic) bond motifs is 1. The molecule has 41 heavy (non-hydrogen) atoms. The van der Waals surface area contributed by atoms with Crippen LogP contribution in [0.25, 0.3) is 11.1 Å². The highest BCUT2D eigenvalue weighted by Crippen LogP contribution is 2.28. The molecule has 2 aromatic heterocycles. The molecular weight excluding hydrogens is 542 g/mol. The largest absolute Gasteiger partial charge is 0.493 e. The summed E-state index contributed by atoms with van der Waals surface area (Å²) in [5.74, 6) is -5.84. The Morgan fingerprint density at radius 2 is 1.51 bits per heavy atom. The van der Waals surface area contributed by atoms with Crippen molar-refractivity contribution in [1.29, 1.82) is 0 Å². The van der Waals surface area contributed by atoms with Gasteiger partial charge >= 0.3 is 17.9 Å². The number of nitrogens with two attached hydrogens (primary N) is 1. The van der Waals surface area contributed by atoms with Crippen LogP contribution in [0.3, 0.4) is 0 Å².